The van der Waals surface area contributed by atoms with Crippen LogP contribution in [0.4, 0.5) is 0 Å². The maximum absolute atomic E-state index is 12.2. The lowest BCUT2D eigenvalue weighted by atomic mass is 10.0. The van der Waals surface area contributed by atoms with Crippen molar-refractivity contribution in [1.29, 1.82) is 0 Å². The molecule has 0 radical (unpaired) electrons. The predicted molar refractivity (Wildman–Crippen MR) is 137 cm³/mol. The molecule has 0 amide bonds. The highest BCUT2D eigenvalue weighted by atomic mass is 16.5. The van der Waals surface area contributed by atoms with Crippen LogP contribution in [0.25, 0.3) is 11.1 Å². The second kappa shape index (κ2) is 15.0. The summed E-state index contributed by atoms with van der Waals surface area (Å²) in [5.74, 6) is -0.639. The lowest BCUT2D eigenvalue weighted by Gasteiger charge is -2.10. The number of hydrogen-bond donors (Lipinski definition) is 1. The van der Waals surface area contributed by atoms with E-state index in [-0.39, 0.29) is 18.2 Å². The molecular weight excluding hydrogens is 444 g/mol. The van der Waals surface area contributed by atoms with Crippen LogP contribution < -0.4 is 4.74 Å². The maximum Gasteiger partial charge on any atom is 0.338 e. The molecule has 0 aliphatic carbocycles. The zero-order valence-corrected chi connectivity index (χ0v) is 21.1. The number of benzene rings is 2. The summed E-state index contributed by atoms with van der Waals surface area (Å²) in [6, 6.07) is 15.3. The summed E-state index contributed by atoms with van der Waals surface area (Å²) in [5, 5.41) is 8.85. The third kappa shape index (κ3) is 10.3. The molecule has 0 heterocycles. The summed E-state index contributed by atoms with van der Waals surface area (Å²) in [5.41, 5.74) is 2.61. The quantitative estimate of drug-likeness (QED) is 0.215. The van der Waals surface area contributed by atoms with E-state index >= 15 is 0 Å². The molecule has 190 valence electrons. The van der Waals surface area contributed by atoms with Gasteiger partial charge in [-0.1, -0.05) is 64.3 Å². The molecule has 2 unspecified atom stereocenters. The summed E-state index contributed by atoms with van der Waals surface area (Å²) in [4.78, 5) is 34.7. The van der Waals surface area contributed by atoms with Crippen LogP contribution >= 0.6 is 0 Å². The number of aliphatic carboxylic acids is 1. The molecular formula is C29H38O6. The minimum absolute atomic E-state index is 0.0208. The number of hydrogen-bond acceptors (Lipinski definition) is 5. The summed E-state index contributed by atoms with van der Waals surface area (Å²) in [6.07, 6.45) is 5.11. The number of unbranched alkanes of at least 4 members (excludes halogenated alkanes) is 3. The van der Waals surface area contributed by atoms with E-state index in [1.807, 2.05) is 36.4 Å². The van der Waals surface area contributed by atoms with Crippen LogP contribution in [0, 0.1) is 11.8 Å². The van der Waals surface area contributed by atoms with Crippen molar-refractivity contribution in [3.63, 3.8) is 0 Å². The molecule has 0 saturated carbocycles. The third-order valence-corrected chi connectivity index (χ3v) is 6.08. The highest BCUT2D eigenvalue weighted by molar-refractivity contribution is 5.90. The van der Waals surface area contributed by atoms with Gasteiger partial charge in [0.05, 0.1) is 24.7 Å². The second-order valence-electron chi connectivity index (χ2n) is 9.21. The van der Waals surface area contributed by atoms with Gasteiger partial charge in [-0.3, -0.25) is 9.59 Å². The first-order valence-electron chi connectivity index (χ1n) is 12.5. The van der Waals surface area contributed by atoms with E-state index < -0.39 is 11.9 Å². The van der Waals surface area contributed by atoms with Gasteiger partial charge >= 0.3 is 11.9 Å². The highest BCUT2D eigenvalue weighted by Crippen LogP contribution is 2.23. The Kier molecular flexibility index (Phi) is 12.0. The number of ether oxygens (including phenoxy) is 2. The van der Waals surface area contributed by atoms with Crippen molar-refractivity contribution in [2.75, 3.05) is 13.2 Å². The normalized spacial score (nSPS) is 12.5. The van der Waals surface area contributed by atoms with E-state index in [1.165, 1.54) is 0 Å². The molecule has 2 rings (SSSR count). The molecule has 0 aliphatic heterocycles. The van der Waals surface area contributed by atoms with Gasteiger partial charge in [0.2, 0.25) is 0 Å². The Hall–Kier alpha value is -3.15. The Balaban J connectivity index is 1.67. The highest BCUT2D eigenvalue weighted by Gasteiger charge is 2.15. The van der Waals surface area contributed by atoms with E-state index in [2.05, 4.69) is 13.8 Å². The van der Waals surface area contributed by atoms with Crippen molar-refractivity contribution in [2.24, 2.45) is 11.8 Å². The zero-order chi connectivity index (χ0) is 25.6. The van der Waals surface area contributed by atoms with Gasteiger partial charge in [-0.15, -0.1) is 0 Å². The van der Waals surface area contributed by atoms with Crippen LogP contribution in [-0.4, -0.2) is 36.0 Å². The molecule has 1 N–H and O–H groups in total. The minimum Gasteiger partial charge on any atom is -0.494 e. The van der Waals surface area contributed by atoms with Crippen LogP contribution in [-0.2, 0) is 14.3 Å². The Morgan fingerprint density at radius 3 is 2.06 bits per heavy atom. The zero-order valence-electron chi connectivity index (χ0n) is 21.1. The number of carbonyl (C=O) groups is 3. The van der Waals surface area contributed by atoms with Crippen molar-refractivity contribution < 1.29 is 29.0 Å². The number of carboxylic acids is 1. The Morgan fingerprint density at radius 2 is 1.46 bits per heavy atom. The average molecular weight is 483 g/mol. The number of Topliss-reactive ketones (excluding diaryl/α,β-unsaturated/α-hetero) is 1. The third-order valence-electron chi connectivity index (χ3n) is 6.08. The van der Waals surface area contributed by atoms with Crippen molar-refractivity contribution >= 4 is 17.7 Å². The predicted octanol–water partition coefficient (Wildman–Crippen LogP) is 6.57. The van der Waals surface area contributed by atoms with Gasteiger partial charge in [-0.2, -0.15) is 0 Å². The van der Waals surface area contributed by atoms with E-state index in [0.29, 0.717) is 31.1 Å². The Labute approximate surface area is 208 Å². The first-order valence-corrected chi connectivity index (χ1v) is 12.5. The molecule has 2 aromatic rings. The topological polar surface area (TPSA) is 89.9 Å². The minimum atomic E-state index is -0.920. The van der Waals surface area contributed by atoms with Crippen LogP contribution in [0.2, 0.25) is 0 Å². The summed E-state index contributed by atoms with van der Waals surface area (Å²) >= 11 is 0. The van der Waals surface area contributed by atoms with E-state index in [9.17, 15) is 14.4 Å². The van der Waals surface area contributed by atoms with Crippen molar-refractivity contribution in [2.45, 2.75) is 65.7 Å². The molecule has 0 aliphatic rings. The van der Waals surface area contributed by atoms with Crippen molar-refractivity contribution in [3.05, 3.63) is 54.1 Å². The standard InChI is InChI=1S/C29H38O6/c1-4-21(2)20-35-29(33)25-12-10-23(11-13-25)24-14-16-27(17-15-24)34-18-8-6-5-7-9-26(30)19-22(3)28(31)32/h10-17,21-22H,4-9,18-20H2,1-3H3,(H,31,32). The number of esters is 1. The molecule has 6 nitrogen and oxygen atoms in total. The SMILES string of the molecule is CCC(C)COC(=O)c1ccc(-c2ccc(OCCCCCCC(=O)CC(C)C(=O)O)cc2)cc1. The molecule has 35 heavy (non-hydrogen) atoms. The average Bonchev–Trinajstić information content (AvgIpc) is 2.86. The fraction of sp³-hybridized carbons (Fsp3) is 0.483. The van der Waals surface area contributed by atoms with E-state index in [0.717, 1.165) is 49.0 Å². The van der Waals surface area contributed by atoms with Gasteiger partial charge in [0.15, 0.2) is 0 Å². The van der Waals surface area contributed by atoms with Crippen LogP contribution in [0.1, 0.15) is 76.1 Å². The molecule has 0 aromatic heterocycles. The second-order valence-corrected chi connectivity index (χ2v) is 9.21. The van der Waals surface area contributed by atoms with Gasteiger partial charge in [0.1, 0.15) is 11.5 Å². The molecule has 2 aromatic carbocycles. The first-order chi connectivity index (χ1) is 16.8. The summed E-state index contributed by atoms with van der Waals surface area (Å²) < 4.78 is 11.2. The fourth-order valence-electron chi connectivity index (χ4n) is 3.46. The van der Waals surface area contributed by atoms with E-state index in [1.54, 1.807) is 19.1 Å². The van der Waals surface area contributed by atoms with Crippen molar-refractivity contribution in [1.82, 2.24) is 0 Å². The van der Waals surface area contributed by atoms with Gasteiger partial charge < -0.3 is 14.6 Å². The van der Waals surface area contributed by atoms with Gasteiger partial charge in [0, 0.05) is 12.8 Å². The maximum atomic E-state index is 12.2. The van der Waals surface area contributed by atoms with Crippen LogP contribution in [0.5, 0.6) is 5.75 Å². The number of rotatable bonds is 16. The molecule has 2 atom stereocenters. The lowest BCUT2D eigenvalue weighted by molar-refractivity contribution is -0.143. The fourth-order valence-corrected chi connectivity index (χ4v) is 3.46. The van der Waals surface area contributed by atoms with Crippen LogP contribution in [0.15, 0.2) is 48.5 Å². The van der Waals surface area contributed by atoms with Gasteiger partial charge in [0.25, 0.3) is 0 Å². The molecule has 0 saturated heterocycles. The van der Waals surface area contributed by atoms with E-state index in [4.69, 9.17) is 14.6 Å². The van der Waals surface area contributed by atoms with Crippen molar-refractivity contribution in [3.8, 4) is 16.9 Å². The largest absolute Gasteiger partial charge is 0.494 e. The molecule has 0 fully saturated rings. The first kappa shape index (κ1) is 28.1. The number of carbonyl (C=O) groups excluding carboxylic acids is 2. The lowest BCUT2D eigenvalue weighted by Crippen LogP contribution is -2.14. The molecule has 0 spiro atoms. The summed E-state index contributed by atoms with van der Waals surface area (Å²) in [6.45, 7) is 6.74. The number of ketones is 1. The summed E-state index contributed by atoms with van der Waals surface area (Å²) in [7, 11) is 0. The monoisotopic (exact) mass is 482 g/mol. The molecule has 0 bridgehead atoms. The molecule has 6 heteroatoms. The Bertz CT molecular complexity index is 933. The van der Waals surface area contributed by atoms with Gasteiger partial charge in [-0.05, 0) is 54.2 Å². The smallest absolute Gasteiger partial charge is 0.338 e. The Morgan fingerprint density at radius 1 is 0.857 bits per heavy atom. The van der Waals surface area contributed by atoms with Crippen LogP contribution in [0.3, 0.4) is 0 Å². The number of carboxylic acid groups (broad SMARTS) is 1. The van der Waals surface area contributed by atoms with Gasteiger partial charge in [-0.25, -0.2) is 4.79 Å².